The molecule has 118 valence electrons. The second-order valence-electron chi connectivity index (χ2n) is 7.34. The minimum absolute atomic E-state index is 0.0626. The third-order valence-corrected chi connectivity index (χ3v) is 5.94. The van der Waals surface area contributed by atoms with E-state index in [-0.39, 0.29) is 11.9 Å². The summed E-state index contributed by atoms with van der Waals surface area (Å²) >= 11 is 0. The van der Waals surface area contributed by atoms with Crippen LogP contribution in [-0.2, 0) is 4.79 Å². The van der Waals surface area contributed by atoms with Gasteiger partial charge in [-0.15, -0.1) is 0 Å². The zero-order chi connectivity index (χ0) is 15.1. The Balaban J connectivity index is 1.56. The van der Waals surface area contributed by atoms with Crippen LogP contribution in [0.5, 0.6) is 0 Å². The molecule has 5 nitrogen and oxygen atoms in total. The highest BCUT2D eigenvalue weighted by atomic mass is 16.4. The highest BCUT2D eigenvalue weighted by Gasteiger charge is 2.56. The maximum atomic E-state index is 12.3. The van der Waals surface area contributed by atoms with Gasteiger partial charge in [0.15, 0.2) is 0 Å². The number of carbonyl (C=O) groups is 2. The molecule has 2 aliphatic carbocycles. The van der Waals surface area contributed by atoms with E-state index in [1.165, 1.54) is 19.3 Å². The SMILES string of the molecule is CCCC1(CNC(=O)N2C[C@@H]3CCC[C@@]3(C(=O)O)C2)CC1. The van der Waals surface area contributed by atoms with E-state index in [1.807, 2.05) is 0 Å². The highest BCUT2D eigenvalue weighted by molar-refractivity contribution is 5.80. The van der Waals surface area contributed by atoms with Crippen LogP contribution < -0.4 is 5.32 Å². The molecular formula is C16H26N2O3. The van der Waals surface area contributed by atoms with Gasteiger partial charge in [0.05, 0.1) is 5.41 Å². The first-order chi connectivity index (χ1) is 10.0. The molecule has 1 saturated heterocycles. The molecule has 1 aliphatic heterocycles. The predicted molar refractivity (Wildman–Crippen MR) is 79.0 cm³/mol. The minimum atomic E-state index is -0.718. The van der Waals surface area contributed by atoms with Crippen molar-refractivity contribution in [3.63, 3.8) is 0 Å². The highest BCUT2D eigenvalue weighted by Crippen LogP contribution is 2.50. The van der Waals surface area contributed by atoms with E-state index >= 15 is 0 Å². The first-order valence-corrected chi connectivity index (χ1v) is 8.28. The lowest BCUT2D eigenvalue weighted by Crippen LogP contribution is -2.43. The Morgan fingerprint density at radius 2 is 2.10 bits per heavy atom. The lowest BCUT2D eigenvalue weighted by molar-refractivity contribution is -0.149. The summed E-state index contributed by atoms with van der Waals surface area (Å²) in [5, 5.41) is 12.6. The summed E-state index contributed by atoms with van der Waals surface area (Å²) in [5.41, 5.74) is -0.331. The standard InChI is InChI=1S/C16H26N2O3/c1-2-5-15(7-8-15)10-17-14(21)18-9-12-4-3-6-16(12,11-18)13(19)20/h12H,2-11H2,1H3,(H,17,21)(H,19,20)/t12-,16+/m0/s1. The number of hydrogen-bond acceptors (Lipinski definition) is 2. The molecule has 0 aromatic heterocycles. The number of hydrogen-bond donors (Lipinski definition) is 2. The van der Waals surface area contributed by atoms with E-state index in [2.05, 4.69) is 12.2 Å². The van der Waals surface area contributed by atoms with Gasteiger partial charge in [0.1, 0.15) is 0 Å². The van der Waals surface area contributed by atoms with Gasteiger partial charge >= 0.3 is 12.0 Å². The molecule has 3 fully saturated rings. The molecular weight excluding hydrogens is 268 g/mol. The van der Waals surface area contributed by atoms with Crippen LogP contribution in [0.4, 0.5) is 4.79 Å². The number of urea groups is 1. The fraction of sp³-hybridized carbons (Fsp3) is 0.875. The lowest BCUT2D eigenvalue weighted by Gasteiger charge is -2.24. The largest absolute Gasteiger partial charge is 0.481 e. The first-order valence-electron chi connectivity index (χ1n) is 8.28. The Kier molecular flexibility index (Phi) is 3.62. The Bertz CT molecular complexity index is 447. The molecule has 2 saturated carbocycles. The summed E-state index contributed by atoms with van der Waals surface area (Å²) in [6, 6.07) is -0.0626. The molecule has 3 aliphatic rings. The molecule has 3 rings (SSSR count). The fourth-order valence-electron chi connectivity index (χ4n) is 4.39. The molecule has 21 heavy (non-hydrogen) atoms. The summed E-state index contributed by atoms with van der Waals surface area (Å²) in [6.45, 7) is 3.93. The van der Waals surface area contributed by atoms with Crippen LogP contribution in [0.15, 0.2) is 0 Å². The maximum absolute atomic E-state index is 12.3. The van der Waals surface area contributed by atoms with E-state index < -0.39 is 11.4 Å². The number of carbonyl (C=O) groups excluding carboxylic acids is 1. The van der Waals surface area contributed by atoms with Crippen molar-refractivity contribution in [3.8, 4) is 0 Å². The number of amides is 2. The van der Waals surface area contributed by atoms with Gasteiger partial charge in [0, 0.05) is 19.6 Å². The summed E-state index contributed by atoms with van der Waals surface area (Å²) in [4.78, 5) is 25.7. The first kappa shape index (κ1) is 14.7. The van der Waals surface area contributed by atoms with Crippen molar-refractivity contribution in [3.05, 3.63) is 0 Å². The zero-order valence-corrected chi connectivity index (χ0v) is 12.9. The van der Waals surface area contributed by atoms with Gasteiger partial charge in [-0.1, -0.05) is 19.8 Å². The van der Waals surface area contributed by atoms with Crippen LogP contribution in [-0.4, -0.2) is 41.6 Å². The Labute approximate surface area is 126 Å². The topological polar surface area (TPSA) is 69.6 Å². The number of fused-ring (bicyclic) bond motifs is 1. The lowest BCUT2D eigenvalue weighted by atomic mass is 9.81. The van der Waals surface area contributed by atoms with Crippen molar-refractivity contribution < 1.29 is 14.7 Å². The van der Waals surface area contributed by atoms with Gasteiger partial charge in [-0.05, 0) is 43.4 Å². The summed E-state index contributed by atoms with van der Waals surface area (Å²) < 4.78 is 0. The van der Waals surface area contributed by atoms with Crippen molar-refractivity contribution in [1.29, 1.82) is 0 Å². The zero-order valence-electron chi connectivity index (χ0n) is 12.9. The Morgan fingerprint density at radius 1 is 1.33 bits per heavy atom. The number of carboxylic acid groups (broad SMARTS) is 1. The van der Waals surface area contributed by atoms with Gasteiger partial charge in [0.2, 0.25) is 0 Å². The number of likely N-dealkylation sites (tertiary alicyclic amines) is 1. The van der Waals surface area contributed by atoms with Crippen LogP contribution in [0, 0.1) is 16.7 Å². The monoisotopic (exact) mass is 294 g/mol. The molecule has 1 heterocycles. The number of carboxylic acids is 1. The summed E-state index contributed by atoms with van der Waals surface area (Å²) in [7, 11) is 0. The van der Waals surface area contributed by atoms with Crippen molar-refractivity contribution in [1.82, 2.24) is 10.2 Å². The molecule has 0 radical (unpaired) electrons. The second kappa shape index (κ2) is 5.18. The number of rotatable bonds is 5. The molecule has 5 heteroatoms. The van der Waals surface area contributed by atoms with Crippen LogP contribution in [0.25, 0.3) is 0 Å². The third-order valence-electron chi connectivity index (χ3n) is 5.94. The van der Waals surface area contributed by atoms with E-state index in [9.17, 15) is 14.7 Å². The van der Waals surface area contributed by atoms with E-state index in [1.54, 1.807) is 4.90 Å². The molecule has 0 bridgehead atoms. The van der Waals surface area contributed by atoms with E-state index in [0.29, 0.717) is 18.5 Å². The van der Waals surface area contributed by atoms with Gasteiger partial charge in [-0.2, -0.15) is 0 Å². The molecule has 2 N–H and O–H groups in total. The molecule has 0 aromatic rings. The quantitative estimate of drug-likeness (QED) is 0.818. The molecule has 0 unspecified atom stereocenters. The van der Waals surface area contributed by atoms with E-state index in [4.69, 9.17) is 0 Å². The molecule has 0 spiro atoms. The van der Waals surface area contributed by atoms with Gasteiger partial charge in [0.25, 0.3) is 0 Å². The van der Waals surface area contributed by atoms with Crippen molar-refractivity contribution in [2.45, 2.75) is 51.9 Å². The predicted octanol–water partition coefficient (Wildman–Crippen LogP) is 2.46. The van der Waals surface area contributed by atoms with Gasteiger partial charge in [-0.25, -0.2) is 4.79 Å². The van der Waals surface area contributed by atoms with Crippen LogP contribution in [0.1, 0.15) is 51.9 Å². The summed E-state index contributed by atoms with van der Waals surface area (Å²) in [5.74, 6) is -0.573. The average molecular weight is 294 g/mol. The van der Waals surface area contributed by atoms with Gasteiger partial charge < -0.3 is 15.3 Å². The Morgan fingerprint density at radius 3 is 2.67 bits per heavy atom. The number of nitrogens with one attached hydrogen (secondary N) is 1. The van der Waals surface area contributed by atoms with Crippen molar-refractivity contribution in [2.75, 3.05) is 19.6 Å². The Hall–Kier alpha value is -1.26. The normalized spacial score (nSPS) is 32.8. The summed E-state index contributed by atoms with van der Waals surface area (Å²) in [6.07, 6.45) is 7.39. The fourth-order valence-corrected chi connectivity index (χ4v) is 4.39. The van der Waals surface area contributed by atoms with Crippen LogP contribution >= 0.6 is 0 Å². The number of aliphatic carboxylic acids is 1. The maximum Gasteiger partial charge on any atom is 0.317 e. The number of nitrogens with zero attached hydrogens (tertiary/aromatic N) is 1. The second-order valence-corrected chi connectivity index (χ2v) is 7.34. The molecule has 0 aromatic carbocycles. The van der Waals surface area contributed by atoms with Gasteiger partial charge in [-0.3, -0.25) is 4.79 Å². The van der Waals surface area contributed by atoms with Crippen molar-refractivity contribution >= 4 is 12.0 Å². The third kappa shape index (κ3) is 2.51. The minimum Gasteiger partial charge on any atom is -0.481 e. The molecule has 2 amide bonds. The van der Waals surface area contributed by atoms with Crippen LogP contribution in [0.2, 0.25) is 0 Å². The molecule has 2 atom stereocenters. The van der Waals surface area contributed by atoms with Crippen molar-refractivity contribution in [2.24, 2.45) is 16.7 Å². The van der Waals surface area contributed by atoms with E-state index in [0.717, 1.165) is 32.2 Å². The smallest absolute Gasteiger partial charge is 0.317 e. The van der Waals surface area contributed by atoms with Crippen LogP contribution in [0.3, 0.4) is 0 Å². The average Bonchev–Trinajstić information content (AvgIpc) is 2.92.